The zero-order chi connectivity index (χ0) is 20.6. The summed E-state index contributed by atoms with van der Waals surface area (Å²) in [7, 11) is 0. The summed E-state index contributed by atoms with van der Waals surface area (Å²) in [6.45, 7) is 3.04. The number of aliphatic hydroxyl groups is 1. The Morgan fingerprint density at radius 2 is 1.54 bits per heavy atom. The van der Waals surface area contributed by atoms with E-state index < -0.39 is 23.2 Å². The number of nitrogens with one attached hydrogen (secondary N) is 1. The maximum absolute atomic E-state index is 12.9. The van der Waals surface area contributed by atoms with Gasteiger partial charge in [0, 0.05) is 0 Å². The third-order valence-corrected chi connectivity index (χ3v) is 3.95. The van der Waals surface area contributed by atoms with E-state index in [2.05, 4.69) is 15.7 Å². The summed E-state index contributed by atoms with van der Waals surface area (Å²) >= 11 is 0. The number of hydrogen-bond donors (Lipinski definition) is 3. The van der Waals surface area contributed by atoms with Crippen molar-refractivity contribution < 1.29 is 24.6 Å². The van der Waals surface area contributed by atoms with Crippen LogP contribution in [0.4, 0.5) is 0 Å². The van der Waals surface area contributed by atoms with E-state index in [9.17, 15) is 14.7 Å². The molecule has 2 rings (SSSR count). The van der Waals surface area contributed by atoms with Crippen molar-refractivity contribution >= 4 is 23.3 Å². The first-order chi connectivity index (χ1) is 13.4. The van der Waals surface area contributed by atoms with Gasteiger partial charge in [-0.25, -0.2) is 10.2 Å². The van der Waals surface area contributed by atoms with Crippen molar-refractivity contribution in [1.29, 1.82) is 0 Å². The molecule has 2 aromatic rings. The molecule has 0 bridgehead atoms. The van der Waals surface area contributed by atoms with Crippen molar-refractivity contribution in [2.24, 2.45) is 10.3 Å². The second kappa shape index (κ2) is 9.43. The van der Waals surface area contributed by atoms with Gasteiger partial charge in [-0.15, -0.1) is 0 Å². The highest BCUT2D eigenvalue weighted by atomic mass is 16.5. The van der Waals surface area contributed by atoms with Crippen molar-refractivity contribution in [3.05, 3.63) is 71.8 Å². The number of carbonyl (C=O) groups excluding carboxylic acids is 2. The summed E-state index contributed by atoms with van der Waals surface area (Å²) in [6.07, 6.45) is 0. The van der Waals surface area contributed by atoms with E-state index in [1.807, 2.05) is 0 Å². The Balaban J connectivity index is 2.36. The highest BCUT2D eigenvalue weighted by Gasteiger charge is 2.40. The van der Waals surface area contributed by atoms with Crippen LogP contribution < -0.4 is 5.43 Å². The van der Waals surface area contributed by atoms with E-state index in [0.29, 0.717) is 11.1 Å². The Kier molecular flexibility index (Phi) is 7.00. The van der Waals surface area contributed by atoms with Crippen LogP contribution in [0.1, 0.15) is 25.0 Å². The molecular formula is C20H21N3O5. The van der Waals surface area contributed by atoms with E-state index in [4.69, 9.17) is 9.94 Å². The topological polar surface area (TPSA) is 121 Å². The zero-order valence-corrected chi connectivity index (χ0v) is 15.5. The summed E-state index contributed by atoms with van der Waals surface area (Å²) in [6, 6.07) is 16.8. The van der Waals surface area contributed by atoms with Gasteiger partial charge < -0.3 is 15.1 Å². The fraction of sp³-hybridized carbons (Fsp3) is 0.200. The largest absolute Gasteiger partial charge is 0.461 e. The number of hydrazone groups is 1. The first-order valence-corrected chi connectivity index (χ1v) is 8.52. The van der Waals surface area contributed by atoms with E-state index in [1.54, 1.807) is 67.6 Å². The second-order valence-electron chi connectivity index (χ2n) is 5.75. The van der Waals surface area contributed by atoms with E-state index in [-0.39, 0.29) is 12.3 Å². The highest BCUT2D eigenvalue weighted by Crippen LogP contribution is 2.29. The minimum atomic E-state index is -2.02. The lowest BCUT2D eigenvalue weighted by Crippen LogP contribution is -2.44. The number of benzene rings is 2. The van der Waals surface area contributed by atoms with Gasteiger partial charge in [-0.05, 0) is 25.0 Å². The van der Waals surface area contributed by atoms with Gasteiger partial charge in [-0.1, -0.05) is 65.8 Å². The standard InChI is InChI=1S/C20H21N3O5/c1-3-28-18(24)17(23-27)14(2)21-22-19(25)20(26,15-10-6-4-7-11-15)16-12-8-5-9-13-16/h4-13,26-27H,3H2,1-2H3,(H,22,25)/b21-14+,23-17-. The molecule has 0 heterocycles. The van der Waals surface area contributed by atoms with Crippen molar-refractivity contribution in [2.75, 3.05) is 6.61 Å². The minimum absolute atomic E-state index is 0.0826. The van der Waals surface area contributed by atoms with E-state index in [0.717, 1.165) is 0 Å². The van der Waals surface area contributed by atoms with Gasteiger partial charge in [0.2, 0.25) is 5.71 Å². The molecule has 0 aliphatic rings. The van der Waals surface area contributed by atoms with Gasteiger partial charge in [-0.3, -0.25) is 4.79 Å². The number of rotatable bonds is 7. The van der Waals surface area contributed by atoms with Crippen LogP contribution in [0.3, 0.4) is 0 Å². The van der Waals surface area contributed by atoms with Crippen LogP contribution in [-0.4, -0.2) is 40.2 Å². The Morgan fingerprint density at radius 3 is 1.96 bits per heavy atom. The Morgan fingerprint density at radius 1 is 1.04 bits per heavy atom. The number of carbonyl (C=O) groups is 2. The molecule has 146 valence electrons. The van der Waals surface area contributed by atoms with Gasteiger partial charge in [0.15, 0.2) is 5.60 Å². The summed E-state index contributed by atoms with van der Waals surface area (Å²) in [5, 5.41) is 26.9. The highest BCUT2D eigenvalue weighted by molar-refractivity contribution is 6.65. The monoisotopic (exact) mass is 383 g/mol. The number of oxime groups is 1. The van der Waals surface area contributed by atoms with Crippen LogP contribution in [0, 0.1) is 0 Å². The summed E-state index contributed by atoms with van der Waals surface area (Å²) in [5.74, 6) is -1.73. The SMILES string of the molecule is CCOC(=O)C(=N\O)/C(C)=N/NC(=O)C(O)(c1ccccc1)c1ccccc1. The summed E-state index contributed by atoms with van der Waals surface area (Å²) in [5.41, 5.74) is 0.352. The molecule has 0 radical (unpaired) electrons. The lowest BCUT2D eigenvalue weighted by Gasteiger charge is -2.27. The molecule has 0 spiro atoms. The van der Waals surface area contributed by atoms with Crippen molar-refractivity contribution in [2.45, 2.75) is 19.4 Å². The van der Waals surface area contributed by atoms with Crippen LogP contribution in [0.5, 0.6) is 0 Å². The molecule has 0 fully saturated rings. The molecule has 0 saturated heterocycles. The first kappa shape index (κ1) is 20.8. The normalized spacial score (nSPS) is 12.4. The zero-order valence-electron chi connectivity index (χ0n) is 15.5. The molecule has 8 nitrogen and oxygen atoms in total. The molecule has 2 aromatic carbocycles. The van der Waals surface area contributed by atoms with Crippen LogP contribution in [0.2, 0.25) is 0 Å². The number of amides is 1. The molecule has 8 heteroatoms. The van der Waals surface area contributed by atoms with Crippen LogP contribution >= 0.6 is 0 Å². The van der Waals surface area contributed by atoms with Crippen molar-refractivity contribution in [3.8, 4) is 0 Å². The fourth-order valence-electron chi connectivity index (χ4n) is 2.52. The smallest absolute Gasteiger partial charge is 0.362 e. The molecular weight excluding hydrogens is 362 g/mol. The number of hydrogen-bond acceptors (Lipinski definition) is 7. The maximum atomic E-state index is 12.9. The molecule has 0 saturated carbocycles. The summed E-state index contributed by atoms with van der Waals surface area (Å²) < 4.78 is 4.76. The van der Waals surface area contributed by atoms with Gasteiger partial charge in [0.05, 0.1) is 12.3 Å². The minimum Gasteiger partial charge on any atom is -0.461 e. The molecule has 1 amide bonds. The first-order valence-electron chi connectivity index (χ1n) is 8.52. The average molecular weight is 383 g/mol. The van der Waals surface area contributed by atoms with E-state index >= 15 is 0 Å². The molecule has 0 unspecified atom stereocenters. The van der Waals surface area contributed by atoms with E-state index in [1.165, 1.54) is 6.92 Å². The molecule has 0 aliphatic carbocycles. The molecule has 0 aromatic heterocycles. The molecule has 0 atom stereocenters. The maximum Gasteiger partial charge on any atom is 0.362 e. The van der Waals surface area contributed by atoms with Crippen LogP contribution in [-0.2, 0) is 19.9 Å². The Labute approximate surface area is 162 Å². The Hall–Kier alpha value is -3.52. The van der Waals surface area contributed by atoms with Crippen LogP contribution in [0.25, 0.3) is 0 Å². The average Bonchev–Trinajstić information content (AvgIpc) is 2.73. The van der Waals surface area contributed by atoms with Gasteiger partial charge in [0.25, 0.3) is 5.91 Å². The lowest BCUT2D eigenvalue weighted by molar-refractivity contribution is -0.137. The third kappa shape index (κ3) is 4.41. The van der Waals surface area contributed by atoms with Crippen LogP contribution in [0.15, 0.2) is 70.9 Å². The lowest BCUT2D eigenvalue weighted by atomic mass is 9.85. The van der Waals surface area contributed by atoms with Crippen molar-refractivity contribution in [1.82, 2.24) is 5.43 Å². The predicted molar refractivity (Wildman–Crippen MR) is 103 cm³/mol. The number of nitrogens with zero attached hydrogens (tertiary/aromatic N) is 2. The number of esters is 1. The van der Waals surface area contributed by atoms with Gasteiger partial charge >= 0.3 is 5.97 Å². The molecule has 3 N–H and O–H groups in total. The fourth-order valence-corrected chi connectivity index (χ4v) is 2.52. The molecule has 0 aliphatic heterocycles. The van der Waals surface area contributed by atoms with Crippen molar-refractivity contribution in [3.63, 3.8) is 0 Å². The predicted octanol–water partition coefficient (Wildman–Crippen LogP) is 1.81. The van der Waals surface area contributed by atoms with Gasteiger partial charge in [0.1, 0.15) is 0 Å². The summed E-state index contributed by atoms with van der Waals surface area (Å²) in [4.78, 5) is 24.6. The Bertz CT molecular complexity index is 840. The quantitative estimate of drug-likeness (QED) is 0.291. The van der Waals surface area contributed by atoms with Gasteiger partial charge in [-0.2, -0.15) is 5.10 Å². The molecule has 28 heavy (non-hydrogen) atoms. The second-order valence-corrected chi connectivity index (χ2v) is 5.75. The third-order valence-electron chi connectivity index (χ3n) is 3.95. The number of ether oxygens (including phenoxy) is 1.